The number of phenolic OH excluding ortho intramolecular Hbond substituents is 3. The highest BCUT2D eigenvalue weighted by Gasteiger charge is 2.44. The van der Waals surface area contributed by atoms with Crippen LogP contribution in [-0.4, -0.2) is 96.2 Å². The first-order valence-electron chi connectivity index (χ1n) is 15.0. The van der Waals surface area contributed by atoms with Crippen LogP contribution in [0.1, 0.15) is 107 Å². The van der Waals surface area contributed by atoms with E-state index in [1.807, 2.05) is 6.92 Å². The fourth-order valence-corrected chi connectivity index (χ4v) is 5.20. The number of unbranched alkanes of at least 4 members (excludes halogenated alkanes) is 8. The number of ether oxygens (including phenoxy) is 2. The molecule has 0 aromatic heterocycles. The molecule has 7 atom stereocenters. The normalized spacial score (nSPS) is 24.3. The first-order chi connectivity index (χ1) is 19.6. The van der Waals surface area contributed by atoms with E-state index in [2.05, 4.69) is 0 Å². The minimum absolute atomic E-state index is 0.151. The number of Topliss-reactive ketones (excluding diaryl/α,β-unsaturated/α-hetero) is 1. The van der Waals surface area contributed by atoms with Crippen molar-refractivity contribution < 1.29 is 55.1 Å². The van der Waals surface area contributed by atoms with Gasteiger partial charge in [0, 0.05) is 18.6 Å². The zero-order valence-corrected chi connectivity index (χ0v) is 24.1. The molecule has 1 aromatic rings. The molecule has 0 aliphatic carbocycles. The molecule has 0 bridgehead atoms. The minimum atomic E-state index is -1.50. The van der Waals surface area contributed by atoms with E-state index in [-0.39, 0.29) is 23.5 Å². The lowest BCUT2D eigenvalue weighted by atomic mass is 9.98. The number of hydrogen-bond acceptors (Lipinski definition) is 11. The second kappa shape index (κ2) is 18.5. The lowest BCUT2D eigenvalue weighted by Gasteiger charge is -2.41. The molecule has 1 aliphatic heterocycles. The number of carbonyl (C=O) groups is 1. The SMILES string of the molecule is CCCC[C@H](C[C@H](O)CCCCCCCCCCC(=O)c1c(O)cc(O)cc1O)O[C@H]1O[C@H](CO)[C@@H](O)[C@H](O)[C@@H]1O. The molecule has 11 nitrogen and oxygen atoms in total. The van der Waals surface area contributed by atoms with Gasteiger partial charge in [0.15, 0.2) is 12.1 Å². The summed E-state index contributed by atoms with van der Waals surface area (Å²) in [6.07, 6.45) is 3.37. The first kappa shape index (κ1) is 35.2. The lowest BCUT2D eigenvalue weighted by Crippen LogP contribution is -2.59. The molecule has 1 aliphatic rings. The summed E-state index contributed by atoms with van der Waals surface area (Å²) in [5.74, 6) is -1.50. The number of hydrogen-bond donors (Lipinski definition) is 8. The Balaban J connectivity index is 1.60. The molecule has 0 saturated carbocycles. The van der Waals surface area contributed by atoms with Gasteiger partial charge in [0.2, 0.25) is 0 Å². The van der Waals surface area contributed by atoms with Crippen LogP contribution in [0.4, 0.5) is 0 Å². The minimum Gasteiger partial charge on any atom is -0.508 e. The van der Waals surface area contributed by atoms with Gasteiger partial charge in [0.25, 0.3) is 0 Å². The van der Waals surface area contributed by atoms with E-state index >= 15 is 0 Å². The Morgan fingerprint density at radius 1 is 0.854 bits per heavy atom. The van der Waals surface area contributed by atoms with E-state index in [0.717, 1.165) is 69.9 Å². The van der Waals surface area contributed by atoms with Gasteiger partial charge in [-0.05, 0) is 25.7 Å². The molecule has 0 radical (unpaired) electrons. The Morgan fingerprint density at radius 3 is 2.02 bits per heavy atom. The van der Waals surface area contributed by atoms with Crippen LogP contribution in [0.5, 0.6) is 17.2 Å². The van der Waals surface area contributed by atoms with Crippen molar-refractivity contribution in [2.75, 3.05) is 6.61 Å². The van der Waals surface area contributed by atoms with Crippen molar-refractivity contribution >= 4 is 5.78 Å². The van der Waals surface area contributed by atoms with Crippen molar-refractivity contribution in [3.63, 3.8) is 0 Å². The average molecular weight is 587 g/mol. The van der Waals surface area contributed by atoms with Gasteiger partial charge >= 0.3 is 0 Å². The second-order valence-corrected chi connectivity index (χ2v) is 11.1. The predicted octanol–water partition coefficient (Wildman–Crippen LogP) is 3.01. The highest BCUT2D eigenvalue weighted by atomic mass is 16.7. The van der Waals surface area contributed by atoms with Gasteiger partial charge in [0.1, 0.15) is 47.2 Å². The number of aliphatic hydroxyl groups is 5. The molecule has 236 valence electrons. The van der Waals surface area contributed by atoms with Crippen LogP contribution in [0.3, 0.4) is 0 Å². The standard InChI is InChI=1S/C30H50O11/c1-2-3-13-21(40-30-29(39)28(38)27(37)25(18-31)41-30)15-19(32)12-10-8-6-4-5-7-9-11-14-22(34)26-23(35)16-20(33)17-24(26)36/h16-17,19,21,25,27-33,35-39H,2-15,18H2,1H3/t19-,21-,25-,27-,28+,29+,30+/m1/s1. The molecule has 1 saturated heterocycles. The third-order valence-corrected chi connectivity index (χ3v) is 7.64. The zero-order chi connectivity index (χ0) is 30.4. The molecular formula is C30H50O11. The Kier molecular flexibility index (Phi) is 15.9. The Bertz CT molecular complexity index is 870. The van der Waals surface area contributed by atoms with E-state index in [0.29, 0.717) is 25.7 Å². The van der Waals surface area contributed by atoms with Crippen LogP contribution in [0.15, 0.2) is 12.1 Å². The fraction of sp³-hybridized carbons (Fsp3) is 0.767. The molecule has 2 rings (SSSR count). The second-order valence-electron chi connectivity index (χ2n) is 11.1. The third kappa shape index (κ3) is 11.7. The largest absolute Gasteiger partial charge is 0.508 e. The Labute approximate surface area is 242 Å². The number of carbonyl (C=O) groups excluding carboxylic acids is 1. The molecule has 1 fully saturated rings. The topological polar surface area (TPSA) is 197 Å². The molecule has 41 heavy (non-hydrogen) atoms. The van der Waals surface area contributed by atoms with Crippen LogP contribution < -0.4 is 0 Å². The maximum absolute atomic E-state index is 12.3. The molecule has 0 unspecified atom stereocenters. The summed E-state index contributed by atoms with van der Waals surface area (Å²) in [5.41, 5.74) is -0.151. The van der Waals surface area contributed by atoms with Crippen LogP contribution in [0.2, 0.25) is 0 Å². The van der Waals surface area contributed by atoms with Crippen LogP contribution in [0, 0.1) is 0 Å². The summed E-state index contributed by atoms with van der Waals surface area (Å²) in [5, 5.41) is 79.2. The Morgan fingerprint density at radius 2 is 1.44 bits per heavy atom. The quantitative estimate of drug-likeness (QED) is 0.0825. The first-order valence-corrected chi connectivity index (χ1v) is 15.0. The number of phenols is 3. The molecule has 11 heteroatoms. The summed E-state index contributed by atoms with van der Waals surface area (Å²) in [6, 6.07) is 2.07. The average Bonchev–Trinajstić information content (AvgIpc) is 2.92. The zero-order valence-electron chi connectivity index (χ0n) is 24.1. The van der Waals surface area contributed by atoms with Crippen LogP contribution in [0.25, 0.3) is 0 Å². The highest BCUT2D eigenvalue weighted by molar-refractivity contribution is 6.01. The summed E-state index contributed by atoms with van der Waals surface area (Å²) in [6.45, 7) is 1.51. The maximum atomic E-state index is 12.3. The predicted molar refractivity (Wildman–Crippen MR) is 151 cm³/mol. The number of rotatable bonds is 20. The van der Waals surface area contributed by atoms with Crippen LogP contribution in [-0.2, 0) is 9.47 Å². The van der Waals surface area contributed by atoms with E-state index in [9.17, 15) is 45.6 Å². The number of aliphatic hydroxyl groups excluding tert-OH is 5. The van der Waals surface area contributed by atoms with Crippen molar-refractivity contribution in [3.05, 3.63) is 17.7 Å². The van der Waals surface area contributed by atoms with E-state index in [1.165, 1.54) is 0 Å². The highest BCUT2D eigenvalue weighted by Crippen LogP contribution is 2.33. The molecule has 1 aromatic carbocycles. The third-order valence-electron chi connectivity index (χ3n) is 7.64. The summed E-state index contributed by atoms with van der Waals surface area (Å²) in [4.78, 5) is 12.3. The summed E-state index contributed by atoms with van der Waals surface area (Å²) >= 11 is 0. The van der Waals surface area contributed by atoms with Gasteiger partial charge in [-0.1, -0.05) is 64.7 Å². The van der Waals surface area contributed by atoms with Crippen LogP contribution >= 0.6 is 0 Å². The van der Waals surface area contributed by atoms with Gasteiger partial charge in [-0.3, -0.25) is 4.79 Å². The number of ketones is 1. The van der Waals surface area contributed by atoms with Crippen molar-refractivity contribution in [3.8, 4) is 17.2 Å². The molecule has 0 amide bonds. The maximum Gasteiger partial charge on any atom is 0.186 e. The number of benzene rings is 1. The summed E-state index contributed by atoms with van der Waals surface area (Å²) < 4.78 is 11.4. The van der Waals surface area contributed by atoms with Gasteiger partial charge in [0.05, 0.1) is 18.8 Å². The van der Waals surface area contributed by atoms with Gasteiger partial charge < -0.3 is 50.3 Å². The number of aromatic hydroxyl groups is 3. The lowest BCUT2D eigenvalue weighted by molar-refractivity contribution is -0.313. The fourth-order valence-electron chi connectivity index (χ4n) is 5.20. The van der Waals surface area contributed by atoms with Crippen molar-refractivity contribution in [1.82, 2.24) is 0 Å². The van der Waals surface area contributed by atoms with E-state index in [1.54, 1.807) is 0 Å². The molecule has 1 heterocycles. The van der Waals surface area contributed by atoms with Gasteiger partial charge in [-0.25, -0.2) is 0 Å². The van der Waals surface area contributed by atoms with E-state index in [4.69, 9.17) is 9.47 Å². The van der Waals surface area contributed by atoms with Gasteiger partial charge in [-0.2, -0.15) is 0 Å². The molecular weight excluding hydrogens is 536 g/mol. The van der Waals surface area contributed by atoms with Crippen molar-refractivity contribution in [2.45, 2.75) is 140 Å². The van der Waals surface area contributed by atoms with E-state index < -0.39 is 61.0 Å². The summed E-state index contributed by atoms with van der Waals surface area (Å²) in [7, 11) is 0. The Hall–Kier alpha value is -1.99. The van der Waals surface area contributed by atoms with Gasteiger partial charge in [-0.15, -0.1) is 0 Å². The monoisotopic (exact) mass is 586 g/mol. The smallest absolute Gasteiger partial charge is 0.186 e. The molecule has 8 N–H and O–H groups in total. The molecule has 0 spiro atoms. The van der Waals surface area contributed by atoms with Crippen molar-refractivity contribution in [2.24, 2.45) is 0 Å². The van der Waals surface area contributed by atoms with Crippen molar-refractivity contribution in [1.29, 1.82) is 0 Å².